The van der Waals surface area contributed by atoms with Gasteiger partial charge in [0.05, 0.1) is 16.0 Å². The smallest absolute Gasteiger partial charge is 0.422 e. The predicted molar refractivity (Wildman–Crippen MR) is 133 cm³/mol. The van der Waals surface area contributed by atoms with Crippen molar-refractivity contribution in [3.05, 3.63) is 59.7 Å². The van der Waals surface area contributed by atoms with Crippen LogP contribution in [0.3, 0.4) is 0 Å². The molecule has 2 aromatic carbocycles. The number of sulfonamides is 1. The quantitative estimate of drug-likeness (QED) is 0.294. The Kier molecular flexibility index (Phi) is 8.96. The van der Waals surface area contributed by atoms with E-state index in [9.17, 15) is 47.9 Å². The van der Waals surface area contributed by atoms with Gasteiger partial charge in [0, 0.05) is 24.8 Å². The van der Waals surface area contributed by atoms with Crippen molar-refractivity contribution >= 4 is 27.6 Å². The molecule has 1 aliphatic heterocycles. The third kappa shape index (κ3) is 8.59. The molecule has 19 heteroatoms. The first kappa shape index (κ1) is 32.1. The molecule has 0 radical (unpaired) electrons. The summed E-state index contributed by atoms with van der Waals surface area (Å²) in [5.41, 5.74) is -2.14. The monoisotopic (exact) mass is 644 g/mol. The minimum Gasteiger partial charge on any atom is -0.454 e. The molecular formula is C24H21F9N6O3S. The van der Waals surface area contributed by atoms with Gasteiger partial charge in [0.2, 0.25) is 21.9 Å². The topological polar surface area (TPSA) is 109 Å². The minimum atomic E-state index is -4.75. The Balaban J connectivity index is 1.47. The molecule has 3 aromatic rings. The number of aromatic nitrogens is 3. The molecule has 0 unspecified atom stereocenters. The number of hydrogen-bond acceptors (Lipinski definition) is 8. The molecule has 0 saturated carbocycles. The zero-order chi connectivity index (χ0) is 31.6. The highest BCUT2D eigenvalue weighted by Crippen LogP contribution is 2.32. The first-order valence-corrected chi connectivity index (χ1v) is 13.7. The van der Waals surface area contributed by atoms with Gasteiger partial charge in [-0.1, -0.05) is 6.07 Å². The molecule has 0 amide bonds. The molecule has 0 atom stereocenters. The molecule has 0 bridgehead atoms. The van der Waals surface area contributed by atoms with E-state index < -0.39 is 64.3 Å². The highest BCUT2D eigenvalue weighted by molar-refractivity contribution is 7.89. The van der Waals surface area contributed by atoms with Crippen LogP contribution >= 0.6 is 0 Å². The Morgan fingerprint density at radius 2 is 1.42 bits per heavy atom. The number of rotatable bonds is 8. The van der Waals surface area contributed by atoms with E-state index in [1.165, 1.54) is 6.07 Å². The molecule has 9 nitrogen and oxygen atoms in total. The third-order valence-electron chi connectivity index (χ3n) is 6.03. The van der Waals surface area contributed by atoms with E-state index in [1.54, 1.807) is 0 Å². The van der Waals surface area contributed by atoms with Crippen LogP contribution in [0.15, 0.2) is 53.4 Å². The molecule has 1 fully saturated rings. The van der Waals surface area contributed by atoms with Gasteiger partial charge in [0.25, 0.3) is 0 Å². The minimum absolute atomic E-state index is 0.0706. The normalized spacial score (nSPS) is 15.7. The lowest BCUT2D eigenvalue weighted by molar-refractivity contribution is -0.154. The van der Waals surface area contributed by atoms with Crippen molar-refractivity contribution in [1.82, 2.24) is 19.3 Å². The second kappa shape index (κ2) is 12.0. The van der Waals surface area contributed by atoms with Crippen LogP contribution in [0.2, 0.25) is 0 Å². The van der Waals surface area contributed by atoms with Crippen LogP contribution < -0.4 is 15.4 Å². The molecule has 1 aromatic heterocycles. The van der Waals surface area contributed by atoms with Crippen LogP contribution in [-0.2, 0) is 22.4 Å². The maximum Gasteiger partial charge on any atom is 0.422 e. The van der Waals surface area contributed by atoms with Crippen molar-refractivity contribution in [2.45, 2.75) is 42.3 Å². The summed E-state index contributed by atoms with van der Waals surface area (Å²) in [7, 11) is -4.12. The predicted octanol–water partition coefficient (Wildman–Crippen LogP) is 5.86. The molecule has 4 rings (SSSR count). The molecule has 1 saturated heterocycles. The number of benzene rings is 2. The Hall–Kier alpha value is -3.87. The molecule has 234 valence electrons. The van der Waals surface area contributed by atoms with E-state index in [0.717, 1.165) is 34.6 Å². The summed E-state index contributed by atoms with van der Waals surface area (Å²) in [6.45, 7) is -1.91. The van der Waals surface area contributed by atoms with E-state index in [1.807, 2.05) is 0 Å². The van der Waals surface area contributed by atoms with Crippen LogP contribution in [0.25, 0.3) is 0 Å². The summed E-state index contributed by atoms with van der Waals surface area (Å²) in [5, 5.41) is 5.29. The van der Waals surface area contributed by atoms with Crippen molar-refractivity contribution in [3.63, 3.8) is 0 Å². The SMILES string of the molecule is O=S(=O)(c1ccc(C(F)(F)F)cc1)N1CCC(Nc2nc(Nc3cccc(C(F)(F)F)c3)nc(OCC(F)(F)F)n2)CC1. The largest absolute Gasteiger partial charge is 0.454 e. The van der Waals surface area contributed by atoms with Crippen molar-refractivity contribution in [1.29, 1.82) is 0 Å². The molecule has 1 aliphatic rings. The van der Waals surface area contributed by atoms with Gasteiger partial charge >= 0.3 is 24.5 Å². The van der Waals surface area contributed by atoms with Gasteiger partial charge in [-0.15, -0.1) is 0 Å². The zero-order valence-electron chi connectivity index (χ0n) is 21.6. The lowest BCUT2D eigenvalue weighted by Gasteiger charge is -2.31. The highest BCUT2D eigenvalue weighted by Gasteiger charge is 2.34. The standard InChI is InChI=1S/C24H21F9N6O3S/c25-22(26,27)13-42-21-37-19(36-20(38-21)35-17-3-1-2-15(12-17)24(31,32)33)34-16-8-10-39(11-9-16)43(40,41)18-6-4-14(5-7-18)23(28,29)30/h1-7,12,16H,8-11,13H2,(H2,34,35,36,37,38). The Labute approximate surface area is 238 Å². The molecule has 2 N–H and O–H groups in total. The zero-order valence-corrected chi connectivity index (χ0v) is 22.4. The molecule has 0 spiro atoms. The van der Waals surface area contributed by atoms with E-state index in [4.69, 9.17) is 0 Å². The number of anilines is 3. The number of nitrogens with one attached hydrogen (secondary N) is 2. The average molecular weight is 645 g/mol. The lowest BCUT2D eigenvalue weighted by atomic mass is 10.1. The van der Waals surface area contributed by atoms with Crippen molar-refractivity contribution in [2.75, 3.05) is 30.3 Å². The number of halogens is 9. The molecule has 0 aliphatic carbocycles. The van der Waals surface area contributed by atoms with Gasteiger partial charge in [-0.05, 0) is 55.3 Å². The van der Waals surface area contributed by atoms with Gasteiger partial charge < -0.3 is 15.4 Å². The number of ether oxygens (including phenoxy) is 1. The van der Waals surface area contributed by atoms with Gasteiger partial charge in [0.15, 0.2) is 6.61 Å². The maximum absolute atomic E-state index is 13.1. The second-order valence-corrected chi connectivity index (χ2v) is 11.2. The maximum atomic E-state index is 13.1. The first-order valence-electron chi connectivity index (χ1n) is 12.2. The molecule has 43 heavy (non-hydrogen) atoms. The first-order chi connectivity index (χ1) is 19.9. The van der Waals surface area contributed by atoms with Crippen molar-refractivity contribution in [3.8, 4) is 6.01 Å². The molecular weight excluding hydrogens is 623 g/mol. The Morgan fingerprint density at radius 1 is 0.814 bits per heavy atom. The highest BCUT2D eigenvalue weighted by atomic mass is 32.2. The fourth-order valence-corrected chi connectivity index (χ4v) is 5.45. The van der Waals surface area contributed by atoms with Crippen LogP contribution in [0.4, 0.5) is 57.1 Å². The van der Waals surface area contributed by atoms with E-state index in [0.29, 0.717) is 12.1 Å². The van der Waals surface area contributed by atoms with E-state index >= 15 is 0 Å². The van der Waals surface area contributed by atoms with Gasteiger partial charge in [0.1, 0.15) is 0 Å². The van der Waals surface area contributed by atoms with Crippen LogP contribution in [0, 0.1) is 0 Å². The van der Waals surface area contributed by atoms with Gasteiger partial charge in [-0.3, -0.25) is 0 Å². The summed E-state index contributed by atoms with van der Waals surface area (Å²) < 4.78 is 147. The van der Waals surface area contributed by atoms with Crippen molar-refractivity contribution < 1.29 is 52.7 Å². The molecule has 2 heterocycles. The lowest BCUT2D eigenvalue weighted by Crippen LogP contribution is -2.42. The van der Waals surface area contributed by atoms with Crippen molar-refractivity contribution in [2.24, 2.45) is 0 Å². The Morgan fingerprint density at radius 3 is 2.00 bits per heavy atom. The summed E-state index contributed by atoms with van der Waals surface area (Å²) in [6, 6.07) is 5.62. The number of alkyl halides is 9. The fraction of sp³-hybridized carbons (Fsp3) is 0.375. The summed E-state index contributed by atoms with van der Waals surface area (Å²) in [4.78, 5) is 11.1. The fourth-order valence-electron chi connectivity index (χ4n) is 3.98. The number of nitrogens with zero attached hydrogens (tertiary/aromatic N) is 4. The van der Waals surface area contributed by atoms with Crippen LogP contribution in [-0.4, -0.2) is 59.6 Å². The summed E-state index contributed by atoms with van der Waals surface area (Å²) >= 11 is 0. The summed E-state index contributed by atoms with van der Waals surface area (Å²) in [6.07, 6.45) is -13.8. The van der Waals surface area contributed by atoms with Gasteiger partial charge in [-0.2, -0.15) is 58.8 Å². The Bertz CT molecular complexity index is 1520. The number of piperidine rings is 1. The van der Waals surface area contributed by atoms with Crippen LogP contribution in [0.1, 0.15) is 24.0 Å². The van der Waals surface area contributed by atoms with Gasteiger partial charge in [-0.25, -0.2) is 8.42 Å². The van der Waals surface area contributed by atoms with E-state index in [2.05, 4.69) is 30.3 Å². The van der Waals surface area contributed by atoms with E-state index in [-0.39, 0.29) is 42.5 Å². The third-order valence-corrected chi connectivity index (χ3v) is 7.95. The second-order valence-electron chi connectivity index (χ2n) is 9.22. The van der Waals surface area contributed by atoms with Crippen LogP contribution in [0.5, 0.6) is 6.01 Å². The number of hydrogen-bond donors (Lipinski definition) is 2. The average Bonchev–Trinajstić information content (AvgIpc) is 2.91. The summed E-state index contributed by atoms with van der Waals surface area (Å²) in [5.74, 6) is -0.734.